The number of hydrogen-bond acceptors (Lipinski definition) is 3. The van der Waals surface area contributed by atoms with Crippen molar-refractivity contribution in [1.29, 1.82) is 5.41 Å². The molecule has 0 spiro atoms. The summed E-state index contributed by atoms with van der Waals surface area (Å²) in [5.41, 5.74) is -1.10. The summed E-state index contributed by atoms with van der Waals surface area (Å²) in [4.78, 5) is 22.8. The molecule has 0 radical (unpaired) electrons. The van der Waals surface area contributed by atoms with Crippen LogP contribution >= 0.6 is 11.6 Å². The predicted octanol–water partition coefficient (Wildman–Crippen LogP) is 2.58. The van der Waals surface area contributed by atoms with Crippen LogP contribution in [0.25, 0.3) is 0 Å². The molecule has 1 aromatic carbocycles. The smallest absolute Gasteiger partial charge is 0.317 e. The summed E-state index contributed by atoms with van der Waals surface area (Å²) in [5, 5.41) is 17.1. The molecule has 0 aliphatic carbocycles. The third-order valence-electron chi connectivity index (χ3n) is 2.65. The lowest BCUT2D eigenvalue weighted by molar-refractivity contribution is -0.150. The van der Waals surface area contributed by atoms with Gasteiger partial charge in [-0.15, -0.1) is 0 Å². The van der Waals surface area contributed by atoms with Crippen LogP contribution in [-0.2, 0) is 16.0 Å². The number of aliphatic carboxylic acids is 1. The van der Waals surface area contributed by atoms with E-state index in [1.165, 1.54) is 13.8 Å². The normalized spacial score (nSPS) is 11.1. The molecule has 96 valence electrons. The van der Waals surface area contributed by atoms with E-state index >= 15 is 0 Å². The molecule has 0 fully saturated rings. The molecule has 0 heterocycles. The van der Waals surface area contributed by atoms with Crippen molar-refractivity contribution in [2.75, 3.05) is 0 Å². The average molecular weight is 268 g/mol. The Morgan fingerprint density at radius 3 is 2.50 bits per heavy atom. The van der Waals surface area contributed by atoms with Gasteiger partial charge in [-0.25, -0.2) is 0 Å². The number of Topliss-reactive ketones (excluding diaryl/α,β-unsaturated/α-hetero) is 1. The van der Waals surface area contributed by atoms with Gasteiger partial charge in [-0.3, -0.25) is 9.59 Å². The van der Waals surface area contributed by atoms with Crippen LogP contribution in [0.15, 0.2) is 24.3 Å². The van der Waals surface area contributed by atoms with Gasteiger partial charge in [-0.05, 0) is 31.5 Å². The van der Waals surface area contributed by atoms with Crippen molar-refractivity contribution in [3.63, 3.8) is 0 Å². The first kappa shape index (κ1) is 14.4. The highest BCUT2D eigenvalue weighted by Crippen LogP contribution is 2.19. The maximum atomic E-state index is 11.9. The van der Waals surface area contributed by atoms with Gasteiger partial charge in [-0.1, -0.05) is 23.7 Å². The van der Waals surface area contributed by atoms with Crippen LogP contribution in [-0.4, -0.2) is 22.6 Å². The quantitative estimate of drug-likeness (QED) is 0.636. The molecule has 0 aliphatic rings. The zero-order chi connectivity index (χ0) is 13.9. The fraction of sp³-hybridized carbons (Fsp3) is 0.308. The van der Waals surface area contributed by atoms with Crippen LogP contribution < -0.4 is 0 Å². The summed E-state index contributed by atoms with van der Waals surface area (Å²) in [7, 11) is 0. The van der Waals surface area contributed by atoms with Crippen LogP contribution in [0, 0.1) is 10.8 Å². The number of halogens is 1. The molecule has 1 aromatic rings. The second-order valence-electron chi connectivity index (χ2n) is 4.54. The minimum Gasteiger partial charge on any atom is -0.481 e. The second kappa shape index (κ2) is 5.31. The molecule has 4 nitrogen and oxygen atoms in total. The Morgan fingerprint density at radius 1 is 1.39 bits per heavy atom. The van der Waals surface area contributed by atoms with Crippen molar-refractivity contribution >= 4 is 29.1 Å². The number of ketones is 1. The van der Waals surface area contributed by atoms with Gasteiger partial charge < -0.3 is 10.5 Å². The van der Waals surface area contributed by atoms with E-state index in [1.54, 1.807) is 24.3 Å². The number of carbonyl (C=O) groups is 2. The first-order valence-electron chi connectivity index (χ1n) is 5.35. The Balaban J connectivity index is 2.84. The van der Waals surface area contributed by atoms with Gasteiger partial charge in [0.2, 0.25) is 0 Å². The molecule has 0 atom stereocenters. The summed E-state index contributed by atoms with van der Waals surface area (Å²) >= 11 is 5.80. The molecular formula is C13H14ClNO3. The van der Waals surface area contributed by atoms with Crippen LogP contribution in [0.2, 0.25) is 5.02 Å². The van der Waals surface area contributed by atoms with Crippen molar-refractivity contribution in [2.24, 2.45) is 5.41 Å². The molecule has 18 heavy (non-hydrogen) atoms. The predicted molar refractivity (Wildman–Crippen MR) is 69.3 cm³/mol. The lowest BCUT2D eigenvalue weighted by atomic mass is 9.84. The third kappa shape index (κ3) is 3.17. The Morgan fingerprint density at radius 2 is 2.00 bits per heavy atom. The van der Waals surface area contributed by atoms with Gasteiger partial charge in [0.25, 0.3) is 0 Å². The summed E-state index contributed by atoms with van der Waals surface area (Å²) < 4.78 is 0. The minimum atomic E-state index is -1.57. The van der Waals surface area contributed by atoms with Gasteiger partial charge in [-0.2, -0.15) is 0 Å². The molecule has 2 N–H and O–H groups in total. The molecule has 0 unspecified atom stereocenters. The number of carboxylic acids is 1. The van der Waals surface area contributed by atoms with E-state index in [9.17, 15) is 9.59 Å². The maximum absolute atomic E-state index is 11.9. The zero-order valence-corrected chi connectivity index (χ0v) is 10.9. The van der Waals surface area contributed by atoms with E-state index < -0.39 is 17.2 Å². The standard InChI is InChI=1S/C13H14ClNO3/c1-13(2,12(17)18)11(16)10(15)7-8-4-3-5-9(14)6-8/h3-6,15H,7H2,1-2H3,(H,17,18). The van der Waals surface area contributed by atoms with E-state index in [0.29, 0.717) is 10.6 Å². The Hall–Kier alpha value is -1.68. The Labute approximate surface area is 110 Å². The highest BCUT2D eigenvalue weighted by atomic mass is 35.5. The van der Waals surface area contributed by atoms with E-state index in [1.807, 2.05) is 0 Å². The monoisotopic (exact) mass is 267 g/mol. The van der Waals surface area contributed by atoms with Crippen molar-refractivity contribution in [3.8, 4) is 0 Å². The summed E-state index contributed by atoms with van der Waals surface area (Å²) in [6.07, 6.45) is 0.0795. The summed E-state index contributed by atoms with van der Waals surface area (Å²) in [5.74, 6) is -1.92. The maximum Gasteiger partial charge on any atom is 0.317 e. The summed E-state index contributed by atoms with van der Waals surface area (Å²) in [6.45, 7) is 2.59. The number of hydrogen-bond donors (Lipinski definition) is 2. The fourth-order valence-corrected chi connectivity index (χ4v) is 1.62. The topological polar surface area (TPSA) is 78.2 Å². The van der Waals surface area contributed by atoms with Crippen molar-refractivity contribution in [3.05, 3.63) is 34.9 Å². The lowest BCUT2D eigenvalue weighted by Gasteiger charge is -2.17. The van der Waals surface area contributed by atoms with Crippen LogP contribution in [0.3, 0.4) is 0 Å². The lowest BCUT2D eigenvalue weighted by Crippen LogP contribution is -2.38. The Bertz CT molecular complexity index is 509. The van der Waals surface area contributed by atoms with Crippen molar-refractivity contribution in [2.45, 2.75) is 20.3 Å². The third-order valence-corrected chi connectivity index (χ3v) is 2.88. The van der Waals surface area contributed by atoms with E-state index in [0.717, 1.165) is 0 Å². The Kier molecular flexibility index (Phi) is 4.24. The molecule has 0 bridgehead atoms. The average Bonchev–Trinajstić information content (AvgIpc) is 2.27. The minimum absolute atomic E-state index is 0.0795. The number of rotatable bonds is 5. The van der Waals surface area contributed by atoms with Crippen LogP contribution in [0.4, 0.5) is 0 Å². The van der Waals surface area contributed by atoms with E-state index in [4.69, 9.17) is 22.1 Å². The highest BCUT2D eigenvalue weighted by Gasteiger charge is 2.37. The molecule has 5 heteroatoms. The molecule has 0 aliphatic heterocycles. The number of nitrogens with one attached hydrogen (secondary N) is 1. The van der Waals surface area contributed by atoms with Crippen molar-refractivity contribution in [1.82, 2.24) is 0 Å². The number of carboxylic acid groups (broad SMARTS) is 1. The van der Waals surface area contributed by atoms with Gasteiger partial charge in [0, 0.05) is 11.4 Å². The number of benzene rings is 1. The molecule has 0 saturated heterocycles. The largest absolute Gasteiger partial charge is 0.481 e. The van der Waals surface area contributed by atoms with Gasteiger partial charge >= 0.3 is 5.97 Å². The molecular weight excluding hydrogens is 254 g/mol. The molecule has 0 amide bonds. The summed E-state index contributed by atoms with van der Waals surface area (Å²) in [6, 6.07) is 6.80. The highest BCUT2D eigenvalue weighted by molar-refractivity contribution is 6.44. The first-order chi connectivity index (χ1) is 8.25. The van der Waals surface area contributed by atoms with Gasteiger partial charge in [0.05, 0.1) is 5.71 Å². The van der Waals surface area contributed by atoms with Crippen LogP contribution in [0.1, 0.15) is 19.4 Å². The zero-order valence-electron chi connectivity index (χ0n) is 10.2. The van der Waals surface area contributed by atoms with E-state index in [2.05, 4.69) is 0 Å². The van der Waals surface area contributed by atoms with E-state index in [-0.39, 0.29) is 12.1 Å². The second-order valence-corrected chi connectivity index (χ2v) is 4.98. The number of carbonyl (C=O) groups excluding carboxylic acids is 1. The van der Waals surface area contributed by atoms with Crippen LogP contribution in [0.5, 0.6) is 0 Å². The van der Waals surface area contributed by atoms with Crippen molar-refractivity contribution < 1.29 is 14.7 Å². The first-order valence-corrected chi connectivity index (χ1v) is 5.73. The molecule has 0 saturated carbocycles. The fourth-order valence-electron chi connectivity index (χ4n) is 1.41. The SMILES string of the molecule is CC(C)(C(=O)O)C(=O)C(=N)Cc1cccc(Cl)c1. The molecule has 0 aromatic heterocycles. The molecule has 1 rings (SSSR count). The van der Waals surface area contributed by atoms with Gasteiger partial charge in [0.15, 0.2) is 5.78 Å². The van der Waals surface area contributed by atoms with Gasteiger partial charge in [0.1, 0.15) is 5.41 Å².